The van der Waals surface area contributed by atoms with E-state index in [9.17, 15) is 14.4 Å². The average Bonchev–Trinajstić information content (AvgIpc) is 3.13. The van der Waals surface area contributed by atoms with Gasteiger partial charge in [-0.05, 0) is 55.0 Å². The van der Waals surface area contributed by atoms with Crippen LogP contribution in [0.1, 0.15) is 24.0 Å². The molecule has 0 bridgehead atoms. The Hall–Kier alpha value is -3.86. The Morgan fingerprint density at radius 1 is 1.17 bits per heavy atom. The lowest BCUT2D eigenvalue weighted by molar-refractivity contribution is -0.144. The Morgan fingerprint density at radius 2 is 1.90 bits per heavy atom. The Kier molecular flexibility index (Phi) is 5.35. The highest BCUT2D eigenvalue weighted by atomic mass is 16.4. The Balaban J connectivity index is 1.31. The number of anilines is 1. The second-order valence-corrected chi connectivity index (χ2v) is 7.43. The van der Waals surface area contributed by atoms with Crippen LogP contribution >= 0.6 is 0 Å². The smallest absolute Gasteiger partial charge is 0.408 e. The fourth-order valence-corrected chi connectivity index (χ4v) is 3.74. The predicted molar refractivity (Wildman–Crippen MR) is 110 cm³/mol. The van der Waals surface area contributed by atoms with E-state index >= 15 is 0 Å². The first kappa shape index (κ1) is 19.5. The molecule has 2 aromatic carbocycles. The van der Waals surface area contributed by atoms with Gasteiger partial charge in [-0.2, -0.15) is 5.26 Å². The lowest BCUT2D eigenvalue weighted by Crippen LogP contribution is -2.44. The summed E-state index contributed by atoms with van der Waals surface area (Å²) in [6, 6.07) is 14.4. The maximum Gasteiger partial charge on any atom is 0.417 e. The normalized spacial score (nSPS) is 14.4. The molecular weight excluding hydrogens is 384 g/mol. The molecule has 1 aliphatic heterocycles. The topological polar surface area (TPSA) is 119 Å². The van der Waals surface area contributed by atoms with Crippen LogP contribution in [0.4, 0.5) is 5.69 Å². The first-order chi connectivity index (χ1) is 14.5. The number of carbonyl (C=O) groups is 2. The second-order valence-electron chi connectivity index (χ2n) is 7.43. The molecule has 2 heterocycles. The lowest BCUT2D eigenvalue weighted by atomic mass is 9.90. The molecule has 1 fully saturated rings. The number of piperidine rings is 1. The predicted octanol–water partition coefficient (Wildman–Crippen LogP) is 2.41. The highest BCUT2D eigenvalue weighted by Crippen LogP contribution is 2.22. The van der Waals surface area contributed by atoms with Crippen LogP contribution in [0.2, 0.25) is 0 Å². The molecule has 1 aromatic heterocycles. The molecule has 0 aliphatic carbocycles. The fraction of sp³-hybridized carbons (Fsp3) is 0.273. The summed E-state index contributed by atoms with van der Waals surface area (Å²) in [5.74, 6) is -1.42. The third-order valence-electron chi connectivity index (χ3n) is 5.38. The standard InChI is InChI=1S/C22H20N4O4/c23-13-16-3-1-14(2-4-16)11-15-7-9-26(10-8-15)21(28)20(27)24-17-5-6-18-19(12-17)30-22(29)25-18/h1-6,12,15H,7-11H2,(H,24,27)(H,25,29). The van der Waals surface area contributed by atoms with Crippen molar-refractivity contribution in [3.8, 4) is 6.07 Å². The number of fused-ring (bicyclic) bond motifs is 1. The SMILES string of the molecule is N#Cc1ccc(CC2CCN(C(=O)C(=O)Nc3ccc4[nH]c(=O)oc4c3)CC2)cc1. The van der Waals surface area contributed by atoms with E-state index in [4.69, 9.17) is 9.68 Å². The van der Waals surface area contributed by atoms with Crippen LogP contribution in [0.25, 0.3) is 11.1 Å². The van der Waals surface area contributed by atoms with Gasteiger partial charge in [0, 0.05) is 24.8 Å². The van der Waals surface area contributed by atoms with Gasteiger partial charge < -0.3 is 14.6 Å². The number of amides is 2. The van der Waals surface area contributed by atoms with Crippen molar-refractivity contribution in [1.82, 2.24) is 9.88 Å². The first-order valence-electron chi connectivity index (χ1n) is 9.74. The molecule has 1 saturated heterocycles. The summed E-state index contributed by atoms with van der Waals surface area (Å²) in [5, 5.41) is 11.4. The van der Waals surface area contributed by atoms with E-state index in [-0.39, 0.29) is 0 Å². The third-order valence-corrected chi connectivity index (χ3v) is 5.38. The van der Waals surface area contributed by atoms with Crippen LogP contribution in [0.3, 0.4) is 0 Å². The lowest BCUT2D eigenvalue weighted by Gasteiger charge is -2.31. The van der Waals surface area contributed by atoms with Crippen LogP contribution < -0.4 is 11.1 Å². The van der Waals surface area contributed by atoms with Crippen LogP contribution in [0.5, 0.6) is 0 Å². The number of carbonyl (C=O) groups excluding carboxylic acids is 2. The molecule has 152 valence electrons. The summed E-state index contributed by atoms with van der Waals surface area (Å²) >= 11 is 0. The van der Waals surface area contributed by atoms with Gasteiger partial charge in [0.25, 0.3) is 0 Å². The zero-order valence-corrected chi connectivity index (χ0v) is 16.2. The number of rotatable bonds is 3. The van der Waals surface area contributed by atoms with Crippen molar-refractivity contribution in [3.05, 3.63) is 64.1 Å². The molecule has 0 atom stereocenters. The van der Waals surface area contributed by atoms with E-state index in [1.165, 1.54) is 11.6 Å². The van der Waals surface area contributed by atoms with Crippen molar-refractivity contribution in [2.75, 3.05) is 18.4 Å². The molecule has 2 amide bonds. The van der Waals surface area contributed by atoms with Crippen molar-refractivity contribution in [2.45, 2.75) is 19.3 Å². The average molecular weight is 404 g/mol. The number of oxazole rings is 1. The van der Waals surface area contributed by atoms with Crippen LogP contribution in [0.15, 0.2) is 51.7 Å². The largest absolute Gasteiger partial charge is 0.417 e. The minimum Gasteiger partial charge on any atom is -0.408 e. The van der Waals surface area contributed by atoms with Gasteiger partial charge >= 0.3 is 17.6 Å². The quantitative estimate of drug-likeness (QED) is 0.650. The number of nitriles is 1. The van der Waals surface area contributed by atoms with Crippen molar-refractivity contribution < 1.29 is 14.0 Å². The molecule has 1 aliphatic rings. The minimum absolute atomic E-state index is 0.314. The number of likely N-dealkylation sites (tertiary alicyclic amines) is 1. The van der Waals surface area contributed by atoms with Gasteiger partial charge in [-0.3, -0.25) is 14.6 Å². The number of hydrogen-bond acceptors (Lipinski definition) is 5. The molecule has 30 heavy (non-hydrogen) atoms. The molecule has 3 aromatic rings. The van der Waals surface area contributed by atoms with Gasteiger partial charge in [-0.1, -0.05) is 12.1 Å². The van der Waals surface area contributed by atoms with Gasteiger partial charge in [0.15, 0.2) is 5.58 Å². The van der Waals surface area contributed by atoms with E-state index in [0.717, 1.165) is 19.3 Å². The van der Waals surface area contributed by atoms with Gasteiger partial charge in [-0.15, -0.1) is 0 Å². The number of hydrogen-bond donors (Lipinski definition) is 2. The number of nitrogens with zero attached hydrogens (tertiary/aromatic N) is 2. The number of aromatic nitrogens is 1. The van der Waals surface area contributed by atoms with E-state index in [1.54, 1.807) is 17.0 Å². The van der Waals surface area contributed by atoms with E-state index < -0.39 is 17.6 Å². The van der Waals surface area contributed by atoms with Crippen molar-refractivity contribution in [2.24, 2.45) is 5.92 Å². The highest BCUT2D eigenvalue weighted by molar-refractivity contribution is 6.39. The molecule has 0 spiro atoms. The van der Waals surface area contributed by atoms with E-state index in [0.29, 0.717) is 41.4 Å². The van der Waals surface area contributed by atoms with Gasteiger partial charge in [-0.25, -0.2) is 4.79 Å². The highest BCUT2D eigenvalue weighted by Gasteiger charge is 2.27. The molecule has 8 nitrogen and oxygen atoms in total. The molecule has 2 N–H and O–H groups in total. The monoisotopic (exact) mass is 404 g/mol. The maximum absolute atomic E-state index is 12.5. The number of H-pyrrole nitrogens is 1. The zero-order valence-electron chi connectivity index (χ0n) is 16.2. The third kappa shape index (κ3) is 4.25. The Morgan fingerprint density at radius 3 is 2.60 bits per heavy atom. The summed E-state index contributed by atoms with van der Waals surface area (Å²) in [6.45, 7) is 1.05. The summed E-state index contributed by atoms with van der Waals surface area (Å²) in [6.07, 6.45) is 2.53. The molecule has 0 unspecified atom stereocenters. The summed E-state index contributed by atoms with van der Waals surface area (Å²) in [5.41, 5.74) is 3.04. The summed E-state index contributed by atoms with van der Waals surface area (Å²) < 4.78 is 4.97. The molecule has 0 radical (unpaired) electrons. The second kappa shape index (κ2) is 8.25. The number of nitrogens with one attached hydrogen (secondary N) is 2. The van der Waals surface area contributed by atoms with Crippen molar-refractivity contribution >= 4 is 28.6 Å². The zero-order chi connectivity index (χ0) is 21.1. The van der Waals surface area contributed by atoms with Crippen molar-refractivity contribution in [1.29, 1.82) is 5.26 Å². The fourth-order valence-electron chi connectivity index (χ4n) is 3.74. The number of benzene rings is 2. The van der Waals surface area contributed by atoms with E-state index in [2.05, 4.69) is 16.4 Å². The maximum atomic E-state index is 12.5. The Bertz CT molecular complexity index is 1180. The molecule has 4 rings (SSSR count). The molecule has 8 heteroatoms. The number of aromatic amines is 1. The van der Waals surface area contributed by atoms with Crippen LogP contribution in [-0.4, -0.2) is 34.8 Å². The van der Waals surface area contributed by atoms with Gasteiger partial charge in [0.1, 0.15) is 0 Å². The van der Waals surface area contributed by atoms with Crippen LogP contribution in [-0.2, 0) is 16.0 Å². The van der Waals surface area contributed by atoms with Crippen molar-refractivity contribution in [3.63, 3.8) is 0 Å². The van der Waals surface area contributed by atoms with E-state index in [1.807, 2.05) is 24.3 Å². The molecule has 0 saturated carbocycles. The summed E-state index contributed by atoms with van der Waals surface area (Å²) in [4.78, 5) is 40.2. The van der Waals surface area contributed by atoms with Gasteiger partial charge in [0.05, 0.1) is 17.1 Å². The van der Waals surface area contributed by atoms with Gasteiger partial charge in [0.2, 0.25) is 0 Å². The van der Waals surface area contributed by atoms with Crippen LogP contribution in [0, 0.1) is 17.2 Å². The first-order valence-corrected chi connectivity index (χ1v) is 9.74. The Labute approximate surface area is 172 Å². The summed E-state index contributed by atoms with van der Waals surface area (Å²) in [7, 11) is 0. The molecular formula is C22H20N4O4. The minimum atomic E-state index is -0.710.